The van der Waals surface area contributed by atoms with Crippen LogP contribution in [-0.2, 0) is 28.6 Å². The molecular formula is C68H116O6. The zero-order valence-corrected chi connectivity index (χ0v) is 48.6. The average molecular weight is 1030 g/mol. The predicted molar refractivity (Wildman–Crippen MR) is 320 cm³/mol. The standard InChI is InChI=1S/C68H116O6/c1-4-7-10-13-16-19-22-24-25-26-27-28-29-30-31-32-33-34-35-36-37-38-39-40-41-42-43-44-47-49-52-55-58-61-67(70)73-64-65(63-72-66(69)60-57-54-51-48-45-21-18-15-12-9-6-3)74-68(71)62-59-56-53-50-46-23-20-17-14-11-8-5-2/h7,10,15-20,24-25,27-28,30-31,33-34,65H,4-6,8-9,11-14,21-23,26,29,32,35-64H2,1-3H3/b10-7-,18-15-,19-16-,20-17-,25-24-,28-27-,31-30-,34-33-. The Labute approximate surface area is 457 Å². The average Bonchev–Trinajstić information content (AvgIpc) is 3.40. The lowest BCUT2D eigenvalue weighted by Gasteiger charge is -2.18. The zero-order chi connectivity index (χ0) is 53.6. The zero-order valence-electron chi connectivity index (χ0n) is 48.6. The third-order valence-corrected chi connectivity index (χ3v) is 13.3. The van der Waals surface area contributed by atoms with Crippen LogP contribution in [0.25, 0.3) is 0 Å². The molecule has 0 aromatic rings. The lowest BCUT2D eigenvalue weighted by molar-refractivity contribution is -0.167. The van der Waals surface area contributed by atoms with Crippen LogP contribution >= 0.6 is 0 Å². The van der Waals surface area contributed by atoms with Crippen molar-refractivity contribution in [3.63, 3.8) is 0 Å². The van der Waals surface area contributed by atoms with Gasteiger partial charge in [-0.15, -0.1) is 0 Å². The van der Waals surface area contributed by atoms with E-state index in [1.807, 2.05) is 0 Å². The molecule has 0 rings (SSSR count). The maximum atomic E-state index is 12.8. The fourth-order valence-electron chi connectivity index (χ4n) is 8.60. The molecule has 424 valence electrons. The molecule has 0 amide bonds. The van der Waals surface area contributed by atoms with Crippen LogP contribution in [0.15, 0.2) is 97.2 Å². The largest absolute Gasteiger partial charge is 0.462 e. The molecule has 0 heterocycles. The van der Waals surface area contributed by atoms with Gasteiger partial charge < -0.3 is 14.2 Å². The molecule has 0 aliphatic rings. The van der Waals surface area contributed by atoms with Gasteiger partial charge in [0.05, 0.1) is 0 Å². The molecule has 0 aromatic carbocycles. The number of unbranched alkanes of at least 4 members (excludes halogenated alkanes) is 29. The number of allylic oxidation sites excluding steroid dienone is 16. The molecule has 0 N–H and O–H groups in total. The van der Waals surface area contributed by atoms with Crippen LogP contribution in [0.5, 0.6) is 0 Å². The number of ether oxygens (including phenoxy) is 3. The number of carbonyl (C=O) groups is 3. The Morgan fingerprint density at radius 3 is 0.878 bits per heavy atom. The van der Waals surface area contributed by atoms with Gasteiger partial charge in [-0.05, 0) is 116 Å². The fraction of sp³-hybridized carbons (Fsp3) is 0.721. The van der Waals surface area contributed by atoms with E-state index in [1.54, 1.807) is 0 Å². The molecule has 6 nitrogen and oxygen atoms in total. The van der Waals surface area contributed by atoms with Gasteiger partial charge in [0, 0.05) is 19.3 Å². The molecule has 74 heavy (non-hydrogen) atoms. The highest BCUT2D eigenvalue weighted by Gasteiger charge is 2.19. The minimum atomic E-state index is -0.783. The normalized spacial score (nSPS) is 12.7. The molecule has 0 aliphatic heterocycles. The second-order valence-corrected chi connectivity index (χ2v) is 20.6. The topological polar surface area (TPSA) is 78.9 Å². The van der Waals surface area contributed by atoms with Crippen molar-refractivity contribution in [3.8, 4) is 0 Å². The second-order valence-electron chi connectivity index (χ2n) is 20.6. The quantitative estimate of drug-likeness (QED) is 0.0261. The van der Waals surface area contributed by atoms with Gasteiger partial charge in [-0.2, -0.15) is 0 Å². The van der Waals surface area contributed by atoms with Gasteiger partial charge >= 0.3 is 17.9 Å². The molecule has 1 unspecified atom stereocenters. The van der Waals surface area contributed by atoms with Crippen LogP contribution in [0.2, 0.25) is 0 Å². The van der Waals surface area contributed by atoms with Crippen molar-refractivity contribution in [1.82, 2.24) is 0 Å². The Balaban J connectivity index is 4.11. The summed E-state index contributed by atoms with van der Waals surface area (Å²) in [6, 6.07) is 0. The highest BCUT2D eigenvalue weighted by atomic mass is 16.6. The summed E-state index contributed by atoms with van der Waals surface area (Å²) >= 11 is 0. The summed E-state index contributed by atoms with van der Waals surface area (Å²) in [4.78, 5) is 38.1. The molecule has 0 spiro atoms. The summed E-state index contributed by atoms with van der Waals surface area (Å²) < 4.78 is 16.8. The summed E-state index contributed by atoms with van der Waals surface area (Å²) in [5.74, 6) is -0.896. The lowest BCUT2D eigenvalue weighted by atomic mass is 10.0. The van der Waals surface area contributed by atoms with Crippen molar-refractivity contribution >= 4 is 17.9 Å². The lowest BCUT2D eigenvalue weighted by Crippen LogP contribution is -2.30. The highest BCUT2D eigenvalue weighted by molar-refractivity contribution is 5.71. The van der Waals surface area contributed by atoms with Crippen molar-refractivity contribution in [2.24, 2.45) is 0 Å². The molecule has 0 aliphatic carbocycles. The SMILES string of the molecule is CC/C=C\C/C=C\C/C=C\C/C=C\C/C=C\C/C=C\CCCCCCCCCCCCCCCCC(=O)OCC(COC(=O)CCCCCCC/C=C\CCCC)OC(=O)CCCCCCC/C=C\CCCCC. The second kappa shape index (κ2) is 61.9. The number of carbonyl (C=O) groups excluding carboxylic acids is 3. The minimum Gasteiger partial charge on any atom is -0.462 e. The van der Waals surface area contributed by atoms with Crippen molar-refractivity contribution in [3.05, 3.63) is 97.2 Å². The monoisotopic (exact) mass is 1030 g/mol. The Kier molecular flexibility index (Phi) is 58.8. The number of rotatable bonds is 56. The van der Waals surface area contributed by atoms with E-state index in [0.29, 0.717) is 19.3 Å². The summed E-state index contributed by atoms with van der Waals surface area (Å²) in [5.41, 5.74) is 0. The van der Waals surface area contributed by atoms with Crippen LogP contribution in [-0.4, -0.2) is 37.2 Å². The molecule has 0 radical (unpaired) electrons. The first kappa shape index (κ1) is 70.3. The molecule has 0 saturated carbocycles. The van der Waals surface area contributed by atoms with Crippen LogP contribution in [0, 0.1) is 0 Å². The van der Waals surface area contributed by atoms with Crippen molar-refractivity contribution in [2.75, 3.05) is 13.2 Å². The van der Waals surface area contributed by atoms with Crippen molar-refractivity contribution < 1.29 is 28.6 Å². The molecule has 0 saturated heterocycles. The Morgan fingerprint density at radius 2 is 0.541 bits per heavy atom. The molecule has 0 aromatic heterocycles. The smallest absolute Gasteiger partial charge is 0.306 e. The van der Waals surface area contributed by atoms with E-state index in [4.69, 9.17) is 14.2 Å². The van der Waals surface area contributed by atoms with E-state index in [9.17, 15) is 14.4 Å². The summed E-state index contributed by atoms with van der Waals surface area (Å²) in [6.07, 6.45) is 82.8. The van der Waals surface area contributed by atoms with Crippen molar-refractivity contribution in [2.45, 2.75) is 303 Å². The molecule has 0 fully saturated rings. The molecular weight excluding hydrogens is 913 g/mol. The predicted octanol–water partition coefficient (Wildman–Crippen LogP) is 21.3. The number of hydrogen-bond donors (Lipinski definition) is 0. The van der Waals surface area contributed by atoms with Gasteiger partial charge in [0.2, 0.25) is 0 Å². The Bertz CT molecular complexity index is 1460. The first-order valence-corrected chi connectivity index (χ1v) is 31.2. The van der Waals surface area contributed by atoms with E-state index in [1.165, 1.54) is 141 Å². The number of hydrogen-bond acceptors (Lipinski definition) is 6. The van der Waals surface area contributed by atoms with Crippen LogP contribution < -0.4 is 0 Å². The van der Waals surface area contributed by atoms with Crippen LogP contribution in [0.4, 0.5) is 0 Å². The van der Waals surface area contributed by atoms with Crippen LogP contribution in [0.1, 0.15) is 297 Å². The third kappa shape index (κ3) is 59.2. The van der Waals surface area contributed by atoms with Gasteiger partial charge in [0.15, 0.2) is 6.10 Å². The maximum absolute atomic E-state index is 12.8. The van der Waals surface area contributed by atoms with Gasteiger partial charge in [-0.25, -0.2) is 0 Å². The molecule has 6 heteroatoms. The summed E-state index contributed by atoms with van der Waals surface area (Å²) in [6.45, 7) is 6.46. The fourth-order valence-corrected chi connectivity index (χ4v) is 8.60. The highest BCUT2D eigenvalue weighted by Crippen LogP contribution is 2.16. The minimum absolute atomic E-state index is 0.0816. The van der Waals surface area contributed by atoms with E-state index < -0.39 is 6.10 Å². The van der Waals surface area contributed by atoms with Crippen molar-refractivity contribution in [1.29, 1.82) is 0 Å². The first-order chi connectivity index (χ1) is 36.5. The summed E-state index contributed by atoms with van der Waals surface area (Å²) in [7, 11) is 0. The van der Waals surface area contributed by atoms with E-state index >= 15 is 0 Å². The first-order valence-electron chi connectivity index (χ1n) is 31.2. The van der Waals surface area contributed by atoms with E-state index in [0.717, 1.165) is 116 Å². The van der Waals surface area contributed by atoms with Gasteiger partial charge in [-0.1, -0.05) is 259 Å². The summed E-state index contributed by atoms with van der Waals surface area (Å²) in [5, 5.41) is 0. The third-order valence-electron chi connectivity index (χ3n) is 13.3. The Morgan fingerprint density at radius 1 is 0.284 bits per heavy atom. The van der Waals surface area contributed by atoms with Gasteiger partial charge in [-0.3, -0.25) is 14.4 Å². The molecule has 0 bridgehead atoms. The Hall–Kier alpha value is -3.67. The maximum Gasteiger partial charge on any atom is 0.306 e. The molecule has 1 atom stereocenters. The van der Waals surface area contributed by atoms with Crippen LogP contribution in [0.3, 0.4) is 0 Å². The van der Waals surface area contributed by atoms with Gasteiger partial charge in [0.1, 0.15) is 13.2 Å². The number of esters is 3. The van der Waals surface area contributed by atoms with Gasteiger partial charge in [0.25, 0.3) is 0 Å². The van der Waals surface area contributed by atoms with E-state index in [2.05, 4.69) is 118 Å². The van der Waals surface area contributed by atoms with E-state index in [-0.39, 0.29) is 31.1 Å².